The Labute approximate surface area is 143 Å². The monoisotopic (exact) mass is 460 g/mol. The average molecular weight is 461 g/mol. The van der Waals surface area contributed by atoms with Gasteiger partial charge in [-0.15, -0.1) is 0 Å². The predicted molar refractivity (Wildman–Crippen MR) is 92.6 cm³/mol. The van der Waals surface area contributed by atoms with Gasteiger partial charge in [-0.25, -0.2) is 0 Å². The van der Waals surface area contributed by atoms with Crippen molar-refractivity contribution < 1.29 is 9.72 Å². The molecule has 2 rings (SSSR count). The first-order valence-electron chi connectivity index (χ1n) is 5.90. The van der Waals surface area contributed by atoms with Crippen molar-refractivity contribution in [2.24, 2.45) is 0 Å². The van der Waals surface area contributed by atoms with E-state index in [1.54, 1.807) is 19.1 Å². The van der Waals surface area contributed by atoms with Crippen LogP contribution in [0.2, 0.25) is 0 Å². The molecule has 5 nitrogen and oxygen atoms in total. The van der Waals surface area contributed by atoms with Crippen LogP contribution in [0.3, 0.4) is 0 Å². The van der Waals surface area contributed by atoms with Gasteiger partial charge in [0.05, 0.1) is 10.5 Å². The number of nitrogens with one attached hydrogen (secondary N) is 1. The SMILES string of the molecule is Cc1cc([N+](=O)[O-])ccc1NC(=O)c1cc(I)ccc1Br. The van der Waals surface area contributed by atoms with Crippen molar-refractivity contribution in [1.29, 1.82) is 0 Å². The molecule has 0 saturated heterocycles. The topological polar surface area (TPSA) is 72.2 Å². The van der Waals surface area contributed by atoms with Crippen molar-refractivity contribution >= 4 is 55.8 Å². The molecule has 1 amide bonds. The summed E-state index contributed by atoms with van der Waals surface area (Å²) in [6, 6.07) is 9.79. The van der Waals surface area contributed by atoms with Gasteiger partial charge in [-0.1, -0.05) is 0 Å². The van der Waals surface area contributed by atoms with Gasteiger partial charge >= 0.3 is 0 Å². The lowest BCUT2D eigenvalue weighted by atomic mass is 10.1. The molecule has 108 valence electrons. The molecule has 0 aliphatic carbocycles. The minimum absolute atomic E-state index is 0.000870. The van der Waals surface area contributed by atoms with Crippen molar-refractivity contribution in [2.75, 3.05) is 5.32 Å². The zero-order chi connectivity index (χ0) is 15.6. The van der Waals surface area contributed by atoms with Gasteiger partial charge in [-0.2, -0.15) is 0 Å². The van der Waals surface area contributed by atoms with Crippen LogP contribution < -0.4 is 5.32 Å². The summed E-state index contributed by atoms with van der Waals surface area (Å²) in [5, 5.41) is 13.5. The van der Waals surface area contributed by atoms with Gasteiger partial charge in [0.15, 0.2) is 0 Å². The number of non-ortho nitro benzene ring substituents is 1. The largest absolute Gasteiger partial charge is 0.322 e. The fourth-order valence-electron chi connectivity index (χ4n) is 1.76. The van der Waals surface area contributed by atoms with E-state index < -0.39 is 4.92 Å². The fourth-order valence-corrected chi connectivity index (χ4v) is 2.68. The summed E-state index contributed by atoms with van der Waals surface area (Å²) in [6.07, 6.45) is 0. The Morgan fingerprint density at radius 3 is 2.62 bits per heavy atom. The third kappa shape index (κ3) is 3.79. The molecule has 0 aliphatic heterocycles. The first-order chi connectivity index (χ1) is 9.88. The molecule has 1 N–H and O–H groups in total. The Balaban J connectivity index is 2.27. The number of hydrogen-bond acceptors (Lipinski definition) is 3. The van der Waals surface area contributed by atoms with Crippen LogP contribution in [0.25, 0.3) is 0 Å². The first-order valence-corrected chi connectivity index (χ1v) is 7.77. The second-order valence-electron chi connectivity index (χ2n) is 4.33. The smallest absolute Gasteiger partial charge is 0.269 e. The molecule has 7 heteroatoms. The maximum absolute atomic E-state index is 12.3. The average Bonchev–Trinajstić information content (AvgIpc) is 2.43. The Hall–Kier alpha value is -1.48. The van der Waals surface area contributed by atoms with E-state index in [1.165, 1.54) is 18.2 Å². The van der Waals surface area contributed by atoms with Crippen LogP contribution in [0.4, 0.5) is 11.4 Å². The van der Waals surface area contributed by atoms with Gasteiger partial charge in [0, 0.05) is 25.9 Å². The maximum atomic E-state index is 12.3. The molecule has 0 atom stereocenters. The van der Waals surface area contributed by atoms with E-state index in [9.17, 15) is 14.9 Å². The lowest BCUT2D eigenvalue weighted by molar-refractivity contribution is -0.384. The molecule has 21 heavy (non-hydrogen) atoms. The molecule has 0 saturated carbocycles. The maximum Gasteiger partial charge on any atom is 0.269 e. The highest BCUT2D eigenvalue weighted by atomic mass is 127. The molecule has 0 fully saturated rings. The number of anilines is 1. The van der Waals surface area contributed by atoms with Gasteiger partial charge in [0.1, 0.15) is 0 Å². The van der Waals surface area contributed by atoms with Crippen LogP contribution in [-0.2, 0) is 0 Å². The van der Waals surface area contributed by atoms with Crippen LogP contribution in [0, 0.1) is 20.6 Å². The van der Waals surface area contributed by atoms with Crippen LogP contribution in [0.5, 0.6) is 0 Å². The van der Waals surface area contributed by atoms with E-state index in [2.05, 4.69) is 43.8 Å². The third-order valence-electron chi connectivity index (χ3n) is 2.84. The predicted octanol–water partition coefficient (Wildman–Crippen LogP) is 4.52. The summed E-state index contributed by atoms with van der Waals surface area (Å²) in [5.41, 5.74) is 1.70. The standard InChI is InChI=1S/C14H10BrIN2O3/c1-8-6-10(18(20)21)3-5-13(8)17-14(19)11-7-9(16)2-4-12(11)15/h2-7H,1H3,(H,17,19). The number of hydrogen-bond donors (Lipinski definition) is 1. The normalized spacial score (nSPS) is 10.2. The number of carbonyl (C=O) groups is 1. The highest BCUT2D eigenvalue weighted by Gasteiger charge is 2.14. The van der Waals surface area contributed by atoms with E-state index in [4.69, 9.17) is 0 Å². The molecule has 0 heterocycles. The Morgan fingerprint density at radius 1 is 1.29 bits per heavy atom. The second kappa shape index (κ2) is 6.52. The fraction of sp³-hybridized carbons (Fsp3) is 0.0714. The molecular weight excluding hydrogens is 451 g/mol. The number of halogens is 2. The summed E-state index contributed by atoms with van der Waals surface area (Å²) < 4.78 is 1.64. The van der Waals surface area contributed by atoms with Gasteiger partial charge in [0.25, 0.3) is 11.6 Å². The van der Waals surface area contributed by atoms with Crippen LogP contribution >= 0.6 is 38.5 Å². The Morgan fingerprint density at radius 2 is 2.00 bits per heavy atom. The van der Waals surface area contributed by atoms with Crippen molar-refractivity contribution in [2.45, 2.75) is 6.92 Å². The van der Waals surface area contributed by atoms with Crippen molar-refractivity contribution in [3.63, 3.8) is 0 Å². The van der Waals surface area contributed by atoms with E-state index in [0.717, 1.165) is 3.57 Å². The minimum Gasteiger partial charge on any atom is -0.322 e. The minimum atomic E-state index is -0.464. The quantitative estimate of drug-likeness (QED) is 0.415. The molecule has 2 aromatic carbocycles. The van der Waals surface area contributed by atoms with Gasteiger partial charge < -0.3 is 5.32 Å². The number of rotatable bonds is 3. The summed E-state index contributed by atoms with van der Waals surface area (Å²) in [6.45, 7) is 1.71. The van der Waals surface area contributed by atoms with Gasteiger partial charge in [-0.05, 0) is 75.3 Å². The molecule has 2 aromatic rings. The van der Waals surface area contributed by atoms with Crippen molar-refractivity contribution in [3.05, 3.63) is 65.7 Å². The van der Waals surface area contributed by atoms with Crippen LogP contribution in [0.15, 0.2) is 40.9 Å². The van der Waals surface area contributed by atoms with E-state index in [-0.39, 0.29) is 11.6 Å². The summed E-state index contributed by atoms with van der Waals surface area (Å²) in [5.74, 6) is -0.266. The molecule has 0 aliphatic rings. The highest BCUT2D eigenvalue weighted by molar-refractivity contribution is 14.1. The number of carbonyl (C=O) groups excluding carboxylic acids is 1. The highest BCUT2D eigenvalue weighted by Crippen LogP contribution is 2.24. The van der Waals surface area contributed by atoms with Gasteiger partial charge in [-0.3, -0.25) is 14.9 Å². The first kappa shape index (κ1) is 15.9. The van der Waals surface area contributed by atoms with E-state index in [1.807, 2.05) is 6.07 Å². The third-order valence-corrected chi connectivity index (χ3v) is 4.20. The Bertz CT molecular complexity index is 734. The van der Waals surface area contributed by atoms with Crippen molar-refractivity contribution in [3.8, 4) is 0 Å². The number of nitro groups is 1. The van der Waals surface area contributed by atoms with E-state index >= 15 is 0 Å². The number of benzene rings is 2. The Kier molecular flexibility index (Phi) is 4.94. The van der Waals surface area contributed by atoms with E-state index in [0.29, 0.717) is 21.3 Å². The number of nitrogens with zero attached hydrogens (tertiary/aromatic N) is 1. The summed E-state index contributed by atoms with van der Waals surface area (Å²) in [7, 11) is 0. The number of amides is 1. The molecule has 0 bridgehead atoms. The van der Waals surface area contributed by atoms with Crippen molar-refractivity contribution in [1.82, 2.24) is 0 Å². The zero-order valence-corrected chi connectivity index (χ0v) is 14.6. The lowest BCUT2D eigenvalue weighted by Gasteiger charge is -2.09. The molecule has 0 spiro atoms. The number of nitro benzene ring substituents is 1. The lowest BCUT2D eigenvalue weighted by Crippen LogP contribution is -2.13. The molecular formula is C14H10BrIN2O3. The van der Waals surface area contributed by atoms with Crippen LogP contribution in [-0.4, -0.2) is 10.8 Å². The second-order valence-corrected chi connectivity index (χ2v) is 6.43. The summed E-state index contributed by atoms with van der Waals surface area (Å²) in [4.78, 5) is 22.5. The molecule has 0 unspecified atom stereocenters. The van der Waals surface area contributed by atoms with Crippen LogP contribution in [0.1, 0.15) is 15.9 Å². The van der Waals surface area contributed by atoms with Gasteiger partial charge in [0.2, 0.25) is 0 Å². The molecule has 0 radical (unpaired) electrons. The summed E-state index contributed by atoms with van der Waals surface area (Å²) >= 11 is 5.47. The number of aryl methyl sites for hydroxylation is 1. The molecule has 0 aromatic heterocycles. The zero-order valence-electron chi connectivity index (χ0n) is 10.9.